The molecule has 1 aromatic rings. The summed E-state index contributed by atoms with van der Waals surface area (Å²) in [6.07, 6.45) is 2.37. The molecular weight excluding hydrogens is 535 g/mol. The maximum absolute atomic E-state index is 13.2. The highest BCUT2D eigenvalue weighted by molar-refractivity contribution is 6.37. The lowest BCUT2D eigenvalue weighted by Gasteiger charge is -2.43. The summed E-state index contributed by atoms with van der Waals surface area (Å²) in [5, 5.41) is 40.2. The van der Waals surface area contributed by atoms with Crippen LogP contribution in [0.2, 0.25) is 10.0 Å². The van der Waals surface area contributed by atoms with Crippen molar-refractivity contribution in [3.05, 3.63) is 52.0 Å². The summed E-state index contributed by atoms with van der Waals surface area (Å²) in [5.74, 6) is -1.62. The van der Waals surface area contributed by atoms with E-state index in [-0.39, 0.29) is 46.4 Å². The van der Waals surface area contributed by atoms with Gasteiger partial charge in [-0.25, -0.2) is 4.79 Å². The molecule has 210 valence electrons. The van der Waals surface area contributed by atoms with E-state index in [4.69, 9.17) is 37.8 Å². The summed E-state index contributed by atoms with van der Waals surface area (Å²) in [6.45, 7) is 3.83. The van der Waals surface area contributed by atoms with Crippen LogP contribution in [0.1, 0.15) is 52.4 Å². The van der Waals surface area contributed by atoms with Gasteiger partial charge in [0.05, 0.1) is 34.8 Å². The molecule has 0 amide bonds. The quantitative estimate of drug-likeness (QED) is 0.269. The molecule has 8 atom stereocenters. The van der Waals surface area contributed by atoms with Crippen LogP contribution in [0, 0.1) is 17.8 Å². The Bertz CT molecular complexity index is 1020. The SMILES string of the molecule is CC[C@H](Oc1c(Cl)cccc1Cl)C(=O)O[C@H]1C[C@H](O)C=C2C=C[C@@H](C)[C@H](CC[C@@H](O)C[C@@H](O)CC(=O)O)[C@H]21. The third-order valence-electron chi connectivity index (χ3n) is 7.24. The minimum atomic E-state index is -1.13. The second-order valence-corrected chi connectivity index (χ2v) is 11.0. The van der Waals surface area contributed by atoms with E-state index in [0.29, 0.717) is 19.3 Å². The van der Waals surface area contributed by atoms with E-state index < -0.39 is 48.9 Å². The van der Waals surface area contributed by atoms with Crippen LogP contribution in [0.3, 0.4) is 0 Å². The van der Waals surface area contributed by atoms with E-state index >= 15 is 0 Å². The average molecular weight is 571 g/mol. The zero-order valence-corrected chi connectivity index (χ0v) is 23.0. The molecule has 0 radical (unpaired) electrons. The number of carboxylic acid groups (broad SMARTS) is 1. The van der Waals surface area contributed by atoms with E-state index in [1.165, 1.54) is 0 Å². The lowest BCUT2D eigenvalue weighted by molar-refractivity contribution is -0.163. The summed E-state index contributed by atoms with van der Waals surface area (Å²) in [5.41, 5.74) is 0.869. The van der Waals surface area contributed by atoms with Crippen molar-refractivity contribution >= 4 is 35.1 Å². The Morgan fingerprint density at radius 3 is 2.47 bits per heavy atom. The minimum absolute atomic E-state index is 0.0122. The maximum atomic E-state index is 13.2. The highest BCUT2D eigenvalue weighted by atomic mass is 35.5. The second kappa shape index (κ2) is 13.8. The number of halogens is 2. The molecule has 4 N–H and O–H groups in total. The number of fused-ring (bicyclic) bond motifs is 1. The van der Waals surface area contributed by atoms with Crippen LogP contribution in [0.25, 0.3) is 0 Å². The number of hydrogen-bond donors (Lipinski definition) is 4. The summed E-state index contributed by atoms with van der Waals surface area (Å²) in [4.78, 5) is 24.1. The van der Waals surface area contributed by atoms with Gasteiger partial charge < -0.3 is 29.9 Å². The number of hydrogen-bond acceptors (Lipinski definition) is 7. The number of benzene rings is 1. The van der Waals surface area contributed by atoms with Crippen LogP contribution in [0.5, 0.6) is 5.75 Å². The fourth-order valence-corrected chi connectivity index (χ4v) is 5.84. The zero-order valence-electron chi connectivity index (χ0n) is 21.5. The number of para-hydroxylation sites is 1. The highest BCUT2D eigenvalue weighted by Crippen LogP contribution is 2.44. The lowest BCUT2D eigenvalue weighted by atomic mass is 9.66. The first-order chi connectivity index (χ1) is 18.0. The third kappa shape index (κ3) is 7.96. The molecule has 0 bridgehead atoms. The van der Waals surface area contributed by atoms with Gasteiger partial charge in [0.25, 0.3) is 0 Å². The number of aliphatic hydroxyl groups excluding tert-OH is 3. The molecule has 0 aromatic heterocycles. The average Bonchev–Trinajstić information content (AvgIpc) is 2.82. The molecule has 10 heteroatoms. The number of aliphatic hydroxyl groups is 3. The van der Waals surface area contributed by atoms with Gasteiger partial charge in [0.15, 0.2) is 11.9 Å². The zero-order chi connectivity index (χ0) is 28.0. The largest absolute Gasteiger partial charge is 0.481 e. The van der Waals surface area contributed by atoms with Crippen molar-refractivity contribution < 1.29 is 39.5 Å². The first kappa shape index (κ1) is 30.4. The predicted molar refractivity (Wildman–Crippen MR) is 143 cm³/mol. The Labute approximate surface area is 232 Å². The van der Waals surface area contributed by atoms with Crippen LogP contribution in [-0.4, -0.2) is 62.9 Å². The Kier molecular flexibility index (Phi) is 11.1. The second-order valence-electron chi connectivity index (χ2n) is 10.1. The minimum Gasteiger partial charge on any atom is -0.481 e. The maximum Gasteiger partial charge on any atom is 0.347 e. The van der Waals surface area contributed by atoms with Gasteiger partial charge in [-0.3, -0.25) is 4.79 Å². The molecule has 2 aliphatic rings. The summed E-state index contributed by atoms with van der Waals surface area (Å²) in [7, 11) is 0. The Balaban J connectivity index is 1.73. The fraction of sp³-hybridized carbons (Fsp3) is 0.571. The molecule has 0 saturated carbocycles. The smallest absolute Gasteiger partial charge is 0.347 e. The van der Waals surface area contributed by atoms with Crippen LogP contribution < -0.4 is 4.74 Å². The van der Waals surface area contributed by atoms with Crippen molar-refractivity contribution in [3.63, 3.8) is 0 Å². The van der Waals surface area contributed by atoms with Gasteiger partial charge in [0.2, 0.25) is 0 Å². The van der Waals surface area contributed by atoms with Gasteiger partial charge in [-0.2, -0.15) is 0 Å². The Hall–Kier alpha value is -2.10. The topological polar surface area (TPSA) is 134 Å². The molecule has 38 heavy (non-hydrogen) atoms. The molecule has 2 aliphatic carbocycles. The summed E-state index contributed by atoms with van der Waals surface area (Å²) >= 11 is 12.4. The van der Waals surface area contributed by atoms with Crippen molar-refractivity contribution in [1.82, 2.24) is 0 Å². The monoisotopic (exact) mass is 570 g/mol. The van der Waals surface area contributed by atoms with Gasteiger partial charge in [-0.1, -0.05) is 61.3 Å². The molecule has 3 rings (SSSR count). The highest BCUT2D eigenvalue weighted by Gasteiger charge is 2.42. The molecule has 0 fully saturated rings. The molecule has 0 aliphatic heterocycles. The van der Waals surface area contributed by atoms with E-state index in [1.54, 1.807) is 31.2 Å². The number of ether oxygens (including phenoxy) is 2. The first-order valence-electron chi connectivity index (χ1n) is 13.0. The van der Waals surface area contributed by atoms with Gasteiger partial charge >= 0.3 is 11.9 Å². The summed E-state index contributed by atoms with van der Waals surface area (Å²) < 4.78 is 11.8. The van der Waals surface area contributed by atoms with E-state index in [1.807, 2.05) is 19.1 Å². The van der Waals surface area contributed by atoms with Crippen LogP contribution in [-0.2, 0) is 14.3 Å². The lowest BCUT2D eigenvalue weighted by Crippen LogP contribution is -2.44. The number of carbonyl (C=O) groups excluding carboxylic acids is 1. The van der Waals surface area contributed by atoms with Gasteiger partial charge in [-0.05, 0) is 55.2 Å². The molecule has 0 spiro atoms. The number of carboxylic acids is 1. The van der Waals surface area contributed by atoms with Gasteiger partial charge in [-0.15, -0.1) is 0 Å². The number of esters is 1. The van der Waals surface area contributed by atoms with Crippen LogP contribution in [0.4, 0.5) is 0 Å². The molecular formula is C28H36Cl2O8. The van der Waals surface area contributed by atoms with Crippen molar-refractivity contribution in [2.45, 2.75) is 82.9 Å². The number of allylic oxidation sites excluding steroid dienone is 2. The van der Waals surface area contributed by atoms with Crippen molar-refractivity contribution in [3.8, 4) is 5.75 Å². The normalized spacial score (nSPS) is 27.0. The molecule has 0 unspecified atom stereocenters. The number of carbonyl (C=O) groups is 2. The Morgan fingerprint density at radius 1 is 1.16 bits per heavy atom. The van der Waals surface area contributed by atoms with Crippen molar-refractivity contribution in [2.75, 3.05) is 0 Å². The molecule has 0 heterocycles. The summed E-state index contributed by atoms with van der Waals surface area (Å²) in [6, 6.07) is 4.91. The molecule has 0 saturated heterocycles. The van der Waals surface area contributed by atoms with Crippen LogP contribution in [0.15, 0.2) is 42.0 Å². The van der Waals surface area contributed by atoms with Crippen LogP contribution >= 0.6 is 23.2 Å². The van der Waals surface area contributed by atoms with E-state index in [0.717, 1.165) is 5.57 Å². The molecule has 8 nitrogen and oxygen atoms in total. The number of rotatable bonds is 12. The molecule has 1 aromatic carbocycles. The third-order valence-corrected chi connectivity index (χ3v) is 7.84. The van der Waals surface area contributed by atoms with Crippen molar-refractivity contribution in [2.24, 2.45) is 17.8 Å². The standard InChI is InChI=1S/C28H36Cl2O8/c1-3-23(37-27-21(29)5-4-6-22(27)30)28(36)38-24-13-18(32)11-16-8-7-15(2)20(26(16)24)10-9-17(31)12-19(33)14-25(34)35/h4-8,11,15,17-20,23-24,26,31-33H,3,9-10,12-14H2,1-2H3,(H,34,35)/t15-,17-,18-,19-,20+,23+,24+,26+/m1/s1. The predicted octanol–water partition coefficient (Wildman–Crippen LogP) is 4.56. The van der Waals surface area contributed by atoms with E-state index in [9.17, 15) is 24.9 Å². The van der Waals surface area contributed by atoms with Crippen molar-refractivity contribution in [1.29, 1.82) is 0 Å². The fourth-order valence-electron chi connectivity index (χ4n) is 5.35. The van der Waals surface area contributed by atoms with E-state index in [2.05, 4.69) is 0 Å². The van der Waals surface area contributed by atoms with Gasteiger partial charge in [0, 0.05) is 12.3 Å². The number of aliphatic carboxylic acids is 1. The Morgan fingerprint density at radius 2 is 1.84 bits per heavy atom. The first-order valence-corrected chi connectivity index (χ1v) is 13.7. The van der Waals surface area contributed by atoms with Gasteiger partial charge in [0.1, 0.15) is 6.10 Å².